The molecule has 2 fully saturated rings. The van der Waals surface area contributed by atoms with Gasteiger partial charge in [0.1, 0.15) is 24.2 Å². The van der Waals surface area contributed by atoms with E-state index in [9.17, 15) is 24.0 Å². The second-order valence-corrected chi connectivity index (χ2v) is 10.4. The normalized spacial score (nSPS) is 25.0. The summed E-state index contributed by atoms with van der Waals surface area (Å²) in [7, 11) is 2.97. The lowest BCUT2D eigenvalue weighted by Gasteiger charge is -2.46. The first kappa shape index (κ1) is 31.8. The van der Waals surface area contributed by atoms with Gasteiger partial charge in [-0.15, -0.1) is 0 Å². The fourth-order valence-corrected chi connectivity index (χ4v) is 5.51. The zero-order chi connectivity index (χ0) is 30.4. The minimum atomic E-state index is -1.48. The number of rotatable bonds is 9. The third-order valence-electron chi connectivity index (χ3n) is 5.77. The largest absolute Gasteiger partial charge is 0.497 e. The van der Waals surface area contributed by atoms with Crippen molar-refractivity contribution in [3.05, 3.63) is 28.7 Å². The van der Waals surface area contributed by atoms with Crippen molar-refractivity contribution in [1.82, 2.24) is 4.90 Å². The van der Waals surface area contributed by atoms with Crippen molar-refractivity contribution in [2.45, 2.75) is 58.3 Å². The highest BCUT2D eigenvalue weighted by Gasteiger charge is 2.56. The predicted octanol–water partition coefficient (Wildman–Crippen LogP) is 1.99. The second kappa shape index (κ2) is 13.8. The van der Waals surface area contributed by atoms with Crippen molar-refractivity contribution in [3.8, 4) is 11.5 Å². The Hall–Kier alpha value is -3.69. The van der Waals surface area contributed by atoms with Crippen molar-refractivity contribution in [2.75, 3.05) is 20.8 Å². The molecule has 2 aliphatic heterocycles. The quantitative estimate of drug-likeness (QED) is 0.173. The standard InChI is InChI=1S/C26H29NO12S2/c1-12(28)35-11-19-21(36-13(2)29)22(37-14(3)30)23(38-15(4)31)25(39-19)27-24(32)20(41-26(27)40)10-16-9-17(33-5)7-8-18(16)34-6/h7-10,19,21-23,25H,11H2,1-6H3/b20-10-. The molecule has 5 atom stereocenters. The number of thiocarbonyl (C=S) groups is 1. The molecule has 2 aliphatic rings. The summed E-state index contributed by atoms with van der Waals surface area (Å²) in [6, 6.07) is 5.03. The lowest BCUT2D eigenvalue weighted by atomic mass is 9.96. The monoisotopic (exact) mass is 611 g/mol. The van der Waals surface area contributed by atoms with E-state index < -0.39 is 67.0 Å². The van der Waals surface area contributed by atoms with Crippen LogP contribution in [0.5, 0.6) is 11.5 Å². The number of esters is 4. The number of hydrogen-bond donors (Lipinski definition) is 0. The number of nitrogens with zero attached hydrogens (tertiary/aromatic N) is 1. The van der Waals surface area contributed by atoms with Crippen LogP contribution >= 0.6 is 24.0 Å². The third-order valence-corrected chi connectivity index (χ3v) is 7.10. The van der Waals surface area contributed by atoms with Crippen LogP contribution in [-0.4, -0.2) is 90.5 Å². The smallest absolute Gasteiger partial charge is 0.303 e. The number of carbonyl (C=O) groups is 5. The van der Waals surface area contributed by atoms with Crippen molar-refractivity contribution < 1.29 is 57.1 Å². The Morgan fingerprint density at radius 2 is 1.54 bits per heavy atom. The number of benzene rings is 1. The van der Waals surface area contributed by atoms with Gasteiger partial charge in [0.15, 0.2) is 28.9 Å². The van der Waals surface area contributed by atoms with E-state index in [2.05, 4.69) is 0 Å². The van der Waals surface area contributed by atoms with Crippen LogP contribution in [0.2, 0.25) is 0 Å². The van der Waals surface area contributed by atoms with Gasteiger partial charge in [0.05, 0.1) is 19.1 Å². The zero-order valence-electron chi connectivity index (χ0n) is 23.1. The molecule has 222 valence electrons. The lowest BCUT2D eigenvalue weighted by Crippen LogP contribution is -2.66. The number of thioether (sulfide) groups is 1. The number of amides is 1. The predicted molar refractivity (Wildman–Crippen MR) is 147 cm³/mol. The van der Waals surface area contributed by atoms with Gasteiger partial charge in [0.25, 0.3) is 5.91 Å². The van der Waals surface area contributed by atoms with Crippen LogP contribution in [0.1, 0.15) is 33.3 Å². The van der Waals surface area contributed by atoms with E-state index in [-0.39, 0.29) is 9.23 Å². The molecule has 0 saturated carbocycles. The molecule has 0 radical (unpaired) electrons. The molecule has 41 heavy (non-hydrogen) atoms. The van der Waals surface area contributed by atoms with Gasteiger partial charge >= 0.3 is 23.9 Å². The number of carbonyl (C=O) groups excluding carboxylic acids is 5. The summed E-state index contributed by atoms with van der Waals surface area (Å²) in [5.41, 5.74) is 0.522. The minimum absolute atomic E-state index is 0.0315. The van der Waals surface area contributed by atoms with Crippen LogP contribution in [0.4, 0.5) is 0 Å². The van der Waals surface area contributed by atoms with Gasteiger partial charge in [-0.05, 0) is 24.3 Å². The van der Waals surface area contributed by atoms with Crippen molar-refractivity contribution >= 4 is 64.2 Å². The highest BCUT2D eigenvalue weighted by molar-refractivity contribution is 8.26. The van der Waals surface area contributed by atoms with Crippen LogP contribution < -0.4 is 9.47 Å². The Kier molecular flexibility index (Phi) is 10.7. The fraction of sp³-hybridized carbons (Fsp3) is 0.462. The summed E-state index contributed by atoms with van der Waals surface area (Å²) in [5, 5.41) is 0. The van der Waals surface area contributed by atoms with Gasteiger partial charge in [-0.25, -0.2) is 0 Å². The van der Waals surface area contributed by atoms with Gasteiger partial charge < -0.3 is 33.2 Å². The molecule has 1 aromatic rings. The SMILES string of the molecule is COc1ccc(OC)c(/C=C2\SC(=S)N(C3OC(COC(C)=O)C(OC(C)=O)C(OC(C)=O)C3OC(C)=O)C2=O)c1. The molecule has 0 spiro atoms. The van der Waals surface area contributed by atoms with Crippen LogP contribution in [0.3, 0.4) is 0 Å². The maximum Gasteiger partial charge on any atom is 0.303 e. The van der Waals surface area contributed by atoms with Crippen LogP contribution in [0.25, 0.3) is 6.08 Å². The molecule has 1 aromatic carbocycles. The summed E-state index contributed by atoms with van der Waals surface area (Å²) in [4.78, 5) is 62.8. The molecule has 0 bridgehead atoms. The first-order chi connectivity index (χ1) is 19.4. The first-order valence-electron chi connectivity index (χ1n) is 12.2. The molecule has 0 aliphatic carbocycles. The molecule has 15 heteroatoms. The van der Waals surface area contributed by atoms with Crippen LogP contribution in [0.15, 0.2) is 23.1 Å². The fourth-order valence-electron chi connectivity index (χ4n) is 4.21. The molecular weight excluding hydrogens is 582 g/mol. The van der Waals surface area contributed by atoms with Crippen LogP contribution in [0, 0.1) is 0 Å². The van der Waals surface area contributed by atoms with Crippen molar-refractivity contribution in [2.24, 2.45) is 0 Å². The molecule has 1 amide bonds. The highest BCUT2D eigenvalue weighted by atomic mass is 32.2. The second-order valence-electron chi connectivity index (χ2n) is 8.75. The van der Waals surface area contributed by atoms with E-state index in [4.69, 9.17) is 45.4 Å². The van der Waals surface area contributed by atoms with Crippen molar-refractivity contribution in [1.29, 1.82) is 0 Å². The molecule has 13 nitrogen and oxygen atoms in total. The minimum Gasteiger partial charge on any atom is -0.497 e. The topological polar surface area (TPSA) is 153 Å². The number of methoxy groups -OCH3 is 2. The van der Waals surface area contributed by atoms with Gasteiger partial charge in [0, 0.05) is 33.3 Å². The molecule has 0 N–H and O–H groups in total. The molecule has 2 heterocycles. The molecule has 3 rings (SSSR count). The van der Waals surface area contributed by atoms with E-state index in [0.717, 1.165) is 44.4 Å². The Morgan fingerprint density at radius 1 is 0.927 bits per heavy atom. The van der Waals surface area contributed by atoms with Gasteiger partial charge in [-0.2, -0.15) is 0 Å². The van der Waals surface area contributed by atoms with Gasteiger partial charge in [-0.1, -0.05) is 24.0 Å². The lowest BCUT2D eigenvalue weighted by molar-refractivity contribution is -0.268. The summed E-state index contributed by atoms with van der Waals surface area (Å²) in [6.07, 6.45) is -5.45. The Bertz CT molecular complexity index is 1260. The summed E-state index contributed by atoms with van der Waals surface area (Å²) >= 11 is 6.45. The molecule has 2 saturated heterocycles. The average molecular weight is 612 g/mol. The van der Waals surface area contributed by atoms with Crippen LogP contribution in [-0.2, 0) is 47.7 Å². The van der Waals surface area contributed by atoms with E-state index in [1.54, 1.807) is 24.3 Å². The number of ether oxygens (including phenoxy) is 7. The summed E-state index contributed by atoms with van der Waals surface area (Å²) in [6.45, 7) is 4.03. The maximum atomic E-state index is 13.7. The Morgan fingerprint density at radius 3 is 2.10 bits per heavy atom. The van der Waals surface area contributed by atoms with E-state index >= 15 is 0 Å². The van der Waals surface area contributed by atoms with Gasteiger partial charge in [0.2, 0.25) is 0 Å². The van der Waals surface area contributed by atoms with E-state index in [1.165, 1.54) is 14.2 Å². The zero-order valence-corrected chi connectivity index (χ0v) is 24.7. The van der Waals surface area contributed by atoms with E-state index in [0.29, 0.717) is 17.1 Å². The molecule has 0 aromatic heterocycles. The molecular formula is C26H29NO12S2. The average Bonchev–Trinajstić information content (AvgIpc) is 3.16. The Balaban J connectivity index is 2.08. The highest BCUT2D eigenvalue weighted by Crippen LogP contribution is 2.40. The number of hydrogen-bond acceptors (Lipinski definition) is 14. The Labute approximate surface area is 245 Å². The van der Waals surface area contributed by atoms with E-state index in [1.807, 2.05) is 0 Å². The first-order valence-corrected chi connectivity index (χ1v) is 13.4. The summed E-state index contributed by atoms with van der Waals surface area (Å²) in [5.74, 6) is -2.68. The van der Waals surface area contributed by atoms with Crippen molar-refractivity contribution in [3.63, 3.8) is 0 Å². The summed E-state index contributed by atoms with van der Waals surface area (Å²) < 4.78 is 38.2. The van der Waals surface area contributed by atoms with Gasteiger partial charge in [-0.3, -0.25) is 28.9 Å². The molecule has 5 unspecified atom stereocenters. The third kappa shape index (κ3) is 7.74. The maximum absolute atomic E-state index is 13.7.